The highest BCUT2D eigenvalue weighted by Gasteiger charge is 2.46. The molecule has 2 rings (SSSR count). The van der Waals surface area contributed by atoms with Crippen molar-refractivity contribution in [1.82, 2.24) is 9.03 Å². The van der Waals surface area contributed by atoms with Crippen LogP contribution in [0.5, 0.6) is 0 Å². The Labute approximate surface area is 115 Å². The van der Waals surface area contributed by atoms with Gasteiger partial charge in [0.15, 0.2) is 9.84 Å². The molecule has 6 nitrogen and oxygen atoms in total. The molecular weight excluding hydrogens is 288 g/mol. The molecule has 1 spiro atoms. The van der Waals surface area contributed by atoms with Crippen molar-refractivity contribution in [2.24, 2.45) is 5.41 Å². The van der Waals surface area contributed by atoms with E-state index in [1.54, 1.807) is 13.8 Å². The highest BCUT2D eigenvalue weighted by atomic mass is 32.2. The molecule has 8 heteroatoms. The Bertz CT molecular complexity index is 541. The summed E-state index contributed by atoms with van der Waals surface area (Å²) in [7, 11) is -6.48. The van der Waals surface area contributed by atoms with E-state index in [0.717, 1.165) is 12.8 Å². The molecule has 0 saturated carbocycles. The van der Waals surface area contributed by atoms with Crippen LogP contribution in [0.3, 0.4) is 0 Å². The molecule has 2 aliphatic rings. The quantitative estimate of drug-likeness (QED) is 0.803. The van der Waals surface area contributed by atoms with Crippen LogP contribution >= 0.6 is 0 Å². The molecule has 1 N–H and O–H groups in total. The van der Waals surface area contributed by atoms with E-state index in [-0.39, 0.29) is 23.0 Å². The fraction of sp³-hybridized carbons (Fsp3) is 1.00. The summed E-state index contributed by atoms with van der Waals surface area (Å²) in [4.78, 5) is 0. The Morgan fingerprint density at radius 1 is 1.26 bits per heavy atom. The molecule has 2 saturated heterocycles. The minimum absolute atomic E-state index is 0.133. The standard InChI is InChI=1S/C11H22N2O4S2/c1-10(2)12-19(16,17)13-6-3-4-11(8-13)5-7-18(14,15)9-11/h10,12H,3-9H2,1-2H3. The number of rotatable bonds is 3. The molecular formula is C11H22N2O4S2. The zero-order chi connectivity index (χ0) is 14.3. The number of sulfone groups is 1. The lowest BCUT2D eigenvalue weighted by Crippen LogP contribution is -2.51. The van der Waals surface area contributed by atoms with Crippen molar-refractivity contribution < 1.29 is 16.8 Å². The first-order valence-corrected chi connectivity index (χ1v) is 9.88. The molecule has 0 bridgehead atoms. The van der Waals surface area contributed by atoms with Crippen LogP contribution in [0.25, 0.3) is 0 Å². The lowest BCUT2D eigenvalue weighted by atomic mass is 9.80. The van der Waals surface area contributed by atoms with Gasteiger partial charge in [0, 0.05) is 19.1 Å². The Morgan fingerprint density at radius 3 is 2.47 bits per heavy atom. The number of piperidine rings is 1. The highest BCUT2D eigenvalue weighted by molar-refractivity contribution is 7.91. The average Bonchev–Trinajstić information content (AvgIpc) is 2.52. The fourth-order valence-electron chi connectivity index (χ4n) is 3.04. The summed E-state index contributed by atoms with van der Waals surface area (Å²) in [6.45, 7) is 4.35. The minimum atomic E-state index is -3.49. The molecule has 112 valence electrons. The van der Waals surface area contributed by atoms with Crippen molar-refractivity contribution in [3.8, 4) is 0 Å². The van der Waals surface area contributed by atoms with Gasteiger partial charge in [-0.1, -0.05) is 0 Å². The minimum Gasteiger partial charge on any atom is -0.229 e. The van der Waals surface area contributed by atoms with E-state index in [0.29, 0.717) is 19.5 Å². The average molecular weight is 310 g/mol. The first-order valence-electron chi connectivity index (χ1n) is 6.62. The van der Waals surface area contributed by atoms with E-state index in [4.69, 9.17) is 0 Å². The summed E-state index contributed by atoms with van der Waals surface area (Å²) in [5, 5.41) is 0. The largest absolute Gasteiger partial charge is 0.279 e. The summed E-state index contributed by atoms with van der Waals surface area (Å²) in [6, 6.07) is -0.157. The Morgan fingerprint density at radius 2 is 1.95 bits per heavy atom. The summed E-state index contributed by atoms with van der Waals surface area (Å²) < 4.78 is 51.6. The molecule has 0 aromatic rings. The molecule has 2 fully saturated rings. The molecule has 19 heavy (non-hydrogen) atoms. The Balaban J connectivity index is 2.14. The molecule has 0 aromatic heterocycles. The molecule has 0 radical (unpaired) electrons. The van der Waals surface area contributed by atoms with Crippen LogP contribution in [-0.2, 0) is 20.0 Å². The van der Waals surface area contributed by atoms with Gasteiger partial charge in [0.05, 0.1) is 11.5 Å². The van der Waals surface area contributed by atoms with Gasteiger partial charge >= 0.3 is 0 Å². The maximum Gasteiger partial charge on any atom is 0.279 e. The summed E-state index contributed by atoms with van der Waals surface area (Å²) >= 11 is 0. The number of nitrogens with zero attached hydrogens (tertiary/aromatic N) is 1. The zero-order valence-electron chi connectivity index (χ0n) is 11.4. The fourth-order valence-corrected chi connectivity index (χ4v) is 6.80. The van der Waals surface area contributed by atoms with Gasteiger partial charge in [-0.25, -0.2) is 8.42 Å². The van der Waals surface area contributed by atoms with Crippen LogP contribution in [0.2, 0.25) is 0 Å². The Hall–Kier alpha value is -0.180. The van der Waals surface area contributed by atoms with E-state index in [1.807, 2.05) is 0 Å². The topological polar surface area (TPSA) is 83.6 Å². The first kappa shape index (κ1) is 15.2. The second-order valence-electron chi connectivity index (χ2n) is 6.06. The van der Waals surface area contributed by atoms with Crippen molar-refractivity contribution in [2.45, 2.75) is 39.2 Å². The van der Waals surface area contributed by atoms with Gasteiger partial charge in [0.2, 0.25) is 0 Å². The van der Waals surface area contributed by atoms with Crippen LogP contribution in [0.4, 0.5) is 0 Å². The SMILES string of the molecule is CC(C)NS(=O)(=O)N1CCCC2(CCS(=O)(=O)C2)C1. The summed E-state index contributed by atoms with van der Waals surface area (Å²) in [5.74, 6) is 0.326. The van der Waals surface area contributed by atoms with Gasteiger partial charge in [-0.15, -0.1) is 0 Å². The predicted octanol–water partition coefficient (Wildman–Crippen LogP) is 0.130. The number of nitrogens with one attached hydrogen (secondary N) is 1. The van der Waals surface area contributed by atoms with Crippen molar-refractivity contribution in [3.63, 3.8) is 0 Å². The van der Waals surface area contributed by atoms with Gasteiger partial charge in [0.1, 0.15) is 0 Å². The van der Waals surface area contributed by atoms with Crippen LogP contribution in [-0.4, -0.2) is 51.8 Å². The van der Waals surface area contributed by atoms with Gasteiger partial charge in [-0.2, -0.15) is 17.4 Å². The normalized spacial score (nSPS) is 32.2. The lowest BCUT2D eigenvalue weighted by Gasteiger charge is -2.39. The smallest absolute Gasteiger partial charge is 0.229 e. The van der Waals surface area contributed by atoms with Crippen LogP contribution in [0.1, 0.15) is 33.1 Å². The van der Waals surface area contributed by atoms with Crippen molar-refractivity contribution >= 4 is 20.0 Å². The Kier molecular flexibility index (Phi) is 3.99. The van der Waals surface area contributed by atoms with Gasteiger partial charge in [-0.3, -0.25) is 0 Å². The van der Waals surface area contributed by atoms with E-state index >= 15 is 0 Å². The second kappa shape index (κ2) is 4.98. The van der Waals surface area contributed by atoms with Crippen LogP contribution < -0.4 is 4.72 Å². The summed E-state index contributed by atoms with van der Waals surface area (Å²) in [5.41, 5.74) is -0.358. The molecule has 1 atom stereocenters. The van der Waals surface area contributed by atoms with Gasteiger partial charge in [0.25, 0.3) is 10.2 Å². The number of hydrogen-bond donors (Lipinski definition) is 1. The van der Waals surface area contributed by atoms with Gasteiger partial charge < -0.3 is 0 Å². The monoisotopic (exact) mass is 310 g/mol. The van der Waals surface area contributed by atoms with E-state index in [9.17, 15) is 16.8 Å². The molecule has 2 aliphatic heterocycles. The van der Waals surface area contributed by atoms with Crippen molar-refractivity contribution in [1.29, 1.82) is 0 Å². The van der Waals surface area contributed by atoms with E-state index in [1.165, 1.54) is 4.31 Å². The maximum atomic E-state index is 12.2. The van der Waals surface area contributed by atoms with Crippen LogP contribution in [0.15, 0.2) is 0 Å². The molecule has 0 aromatic carbocycles. The third-order valence-corrected chi connectivity index (χ3v) is 7.46. The van der Waals surface area contributed by atoms with Crippen molar-refractivity contribution in [2.75, 3.05) is 24.6 Å². The van der Waals surface area contributed by atoms with Crippen molar-refractivity contribution in [3.05, 3.63) is 0 Å². The molecule has 2 heterocycles. The zero-order valence-corrected chi connectivity index (χ0v) is 13.1. The summed E-state index contributed by atoms with van der Waals surface area (Å²) in [6.07, 6.45) is 2.12. The van der Waals surface area contributed by atoms with E-state index in [2.05, 4.69) is 4.72 Å². The molecule has 1 unspecified atom stereocenters. The first-order chi connectivity index (χ1) is 8.64. The van der Waals surface area contributed by atoms with Gasteiger partial charge in [-0.05, 0) is 38.5 Å². The molecule has 0 amide bonds. The maximum absolute atomic E-state index is 12.2. The van der Waals surface area contributed by atoms with Crippen LogP contribution in [0, 0.1) is 5.41 Å². The third kappa shape index (κ3) is 3.48. The lowest BCUT2D eigenvalue weighted by molar-refractivity contribution is 0.171. The second-order valence-corrected chi connectivity index (χ2v) is 9.94. The third-order valence-electron chi connectivity index (χ3n) is 3.82. The highest BCUT2D eigenvalue weighted by Crippen LogP contribution is 2.40. The molecule has 0 aliphatic carbocycles. The predicted molar refractivity (Wildman–Crippen MR) is 73.7 cm³/mol. The van der Waals surface area contributed by atoms with E-state index < -0.39 is 20.0 Å². The number of hydrogen-bond acceptors (Lipinski definition) is 4.